The van der Waals surface area contributed by atoms with Crippen LogP contribution in [0.1, 0.15) is 25.7 Å². The Morgan fingerprint density at radius 1 is 1.50 bits per heavy atom. The number of esters is 1. The highest BCUT2D eigenvalue weighted by atomic mass is 16.6. The maximum Gasteiger partial charge on any atom is 0.308 e. The Morgan fingerprint density at radius 3 is 2.57 bits per heavy atom. The van der Waals surface area contributed by atoms with Gasteiger partial charge in [-0.25, -0.2) is 0 Å². The first kappa shape index (κ1) is 9.65. The van der Waals surface area contributed by atoms with Crippen molar-refractivity contribution in [3.63, 3.8) is 0 Å². The minimum absolute atomic E-state index is 0.00197. The summed E-state index contributed by atoms with van der Waals surface area (Å²) in [4.78, 5) is 21.7. The van der Waals surface area contributed by atoms with Crippen LogP contribution in [0.5, 0.6) is 0 Å². The van der Waals surface area contributed by atoms with E-state index in [1.54, 1.807) is 0 Å². The van der Waals surface area contributed by atoms with Gasteiger partial charge in [-0.15, -0.1) is 0 Å². The summed E-state index contributed by atoms with van der Waals surface area (Å²) >= 11 is 0. The molecule has 0 aromatic heterocycles. The monoisotopic (exact) mass is 198 g/mol. The number of aldehydes is 1. The fourth-order valence-electron chi connectivity index (χ4n) is 2.28. The molecule has 1 saturated heterocycles. The first-order valence-corrected chi connectivity index (χ1v) is 4.93. The molecule has 1 unspecified atom stereocenters. The maximum atomic E-state index is 11.2. The second-order valence-electron chi connectivity index (χ2n) is 4.04. The third kappa shape index (κ3) is 1.43. The normalized spacial score (nSPS) is 40.6. The van der Waals surface area contributed by atoms with Gasteiger partial charge in [0.05, 0.1) is 13.0 Å². The number of carbonyl (C=O) groups is 2. The second kappa shape index (κ2) is 3.35. The average Bonchev–Trinajstić information content (AvgIpc) is 2.91. The van der Waals surface area contributed by atoms with Crippen LogP contribution in [0.25, 0.3) is 0 Å². The highest BCUT2D eigenvalue weighted by molar-refractivity contribution is 5.72. The standard InChI is InChI=1S/C10H14O4/c1-13-9(12)7-2-4-10(5-3-7)8(6-11)14-10/h6-8H,2-5H2,1H3. The van der Waals surface area contributed by atoms with Gasteiger partial charge in [-0.3, -0.25) is 4.79 Å². The van der Waals surface area contributed by atoms with E-state index in [1.807, 2.05) is 0 Å². The molecule has 2 rings (SSSR count). The number of epoxide rings is 1. The zero-order chi connectivity index (χ0) is 10.2. The van der Waals surface area contributed by atoms with Crippen molar-refractivity contribution in [1.82, 2.24) is 0 Å². The fraction of sp³-hybridized carbons (Fsp3) is 0.800. The van der Waals surface area contributed by atoms with Crippen molar-refractivity contribution in [3.8, 4) is 0 Å². The largest absolute Gasteiger partial charge is 0.469 e. The first-order valence-electron chi connectivity index (χ1n) is 4.93. The van der Waals surface area contributed by atoms with Crippen molar-refractivity contribution >= 4 is 12.3 Å². The molecule has 4 heteroatoms. The molecule has 1 spiro atoms. The van der Waals surface area contributed by atoms with Gasteiger partial charge in [0.15, 0.2) is 6.29 Å². The zero-order valence-corrected chi connectivity index (χ0v) is 8.19. The molecule has 2 aliphatic rings. The van der Waals surface area contributed by atoms with Crippen molar-refractivity contribution in [3.05, 3.63) is 0 Å². The summed E-state index contributed by atoms with van der Waals surface area (Å²) in [6.45, 7) is 0. The van der Waals surface area contributed by atoms with Gasteiger partial charge in [0.2, 0.25) is 0 Å². The Hall–Kier alpha value is -0.900. The summed E-state index contributed by atoms with van der Waals surface area (Å²) in [5, 5.41) is 0. The fourth-order valence-corrected chi connectivity index (χ4v) is 2.28. The lowest BCUT2D eigenvalue weighted by Crippen LogP contribution is -2.29. The number of rotatable bonds is 2. The van der Waals surface area contributed by atoms with E-state index >= 15 is 0 Å². The first-order chi connectivity index (χ1) is 6.72. The van der Waals surface area contributed by atoms with Gasteiger partial charge in [0, 0.05) is 0 Å². The van der Waals surface area contributed by atoms with Gasteiger partial charge in [-0.05, 0) is 25.7 Å². The van der Waals surface area contributed by atoms with Crippen molar-refractivity contribution in [2.75, 3.05) is 7.11 Å². The third-order valence-corrected chi connectivity index (χ3v) is 3.31. The summed E-state index contributed by atoms with van der Waals surface area (Å²) in [7, 11) is 1.41. The Morgan fingerprint density at radius 2 is 2.14 bits per heavy atom. The SMILES string of the molecule is COC(=O)C1CCC2(CC1)OC2C=O. The molecule has 0 aromatic rings. The molecule has 2 fully saturated rings. The number of carbonyl (C=O) groups excluding carboxylic acids is 2. The zero-order valence-electron chi connectivity index (χ0n) is 8.19. The smallest absolute Gasteiger partial charge is 0.308 e. The number of hydrogen-bond donors (Lipinski definition) is 0. The van der Waals surface area contributed by atoms with E-state index in [0.717, 1.165) is 32.0 Å². The topological polar surface area (TPSA) is 55.9 Å². The van der Waals surface area contributed by atoms with Crippen LogP contribution in [0.2, 0.25) is 0 Å². The average molecular weight is 198 g/mol. The van der Waals surface area contributed by atoms with E-state index in [1.165, 1.54) is 7.11 Å². The van der Waals surface area contributed by atoms with E-state index in [9.17, 15) is 9.59 Å². The Balaban J connectivity index is 1.87. The molecular weight excluding hydrogens is 184 g/mol. The minimum Gasteiger partial charge on any atom is -0.469 e. The second-order valence-corrected chi connectivity index (χ2v) is 4.04. The molecule has 0 aromatic carbocycles. The van der Waals surface area contributed by atoms with E-state index in [2.05, 4.69) is 4.74 Å². The molecule has 0 amide bonds. The Labute approximate surface area is 82.6 Å². The molecule has 4 nitrogen and oxygen atoms in total. The van der Waals surface area contributed by atoms with Gasteiger partial charge < -0.3 is 14.3 Å². The van der Waals surface area contributed by atoms with Gasteiger partial charge in [0.25, 0.3) is 0 Å². The molecule has 14 heavy (non-hydrogen) atoms. The molecule has 0 radical (unpaired) electrons. The van der Waals surface area contributed by atoms with Gasteiger partial charge in [0.1, 0.15) is 11.7 Å². The van der Waals surface area contributed by atoms with Crippen LogP contribution >= 0.6 is 0 Å². The number of ether oxygens (including phenoxy) is 2. The Kier molecular flexibility index (Phi) is 2.31. The van der Waals surface area contributed by atoms with Crippen LogP contribution in [0.3, 0.4) is 0 Å². The van der Waals surface area contributed by atoms with Crippen molar-refractivity contribution in [2.45, 2.75) is 37.4 Å². The van der Waals surface area contributed by atoms with Crippen LogP contribution in [0.4, 0.5) is 0 Å². The van der Waals surface area contributed by atoms with Gasteiger partial charge in [-0.1, -0.05) is 0 Å². The van der Waals surface area contributed by atoms with Gasteiger partial charge in [-0.2, -0.15) is 0 Å². The molecule has 1 aliphatic carbocycles. The predicted molar refractivity (Wildman–Crippen MR) is 47.6 cm³/mol. The molecule has 1 saturated carbocycles. The van der Waals surface area contributed by atoms with Crippen LogP contribution in [0.15, 0.2) is 0 Å². The molecule has 78 valence electrons. The maximum absolute atomic E-state index is 11.2. The molecule has 1 aliphatic heterocycles. The minimum atomic E-state index is -0.221. The lowest BCUT2D eigenvalue weighted by molar-refractivity contribution is -0.146. The van der Waals surface area contributed by atoms with Crippen LogP contribution in [0, 0.1) is 5.92 Å². The summed E-state index contributed by atoms with van der Waals surface area (Å²) < 4.78 is 10.0. The van der Waals surface area contributed by atoms with Crippen LogP contribution < -0.4 is 0 Å². The number of hydrogen-bond acceptors (Lipinski definition) is 4. The molecule has 1 atom stereocenters. The predicted octanol–water partition coefficient (Wildman–Crippen LogP) is 0.686. The summed E-state index contributed by atoms with van der Waals surface area (Å²) in [6, 6.07) is 0. The van der Waals surface area contributed by atoms with Crippen molar-refractivity contribution in [1.29, 1.82) is 0 Å². The highest BCUT2D eigenvalue weighted by Crippen LogP contribution is 2.48. The van der Waals surface area contributed by atoms with Crippen molar-refractivity contribution in [2.24, 2.45) is 5.92 Å². The van der Waals surface area contributed by atoms with Gasteiger partial charge >= 0.3 is 5.97 Å². The molecule has 1 heterocycles. The molecule has 0 bridgehead atoms. The highest BCUT2D eigenvalue weighted by Gasteiger charge is 2.57. The molecule has 0 N–H and O–H groups in total. The number of methoxy groups -OCH3 is 1. The third-order valence-electron chi connectivity index (χ3n) is 3.31. The van der Waals surface area contributed by atoms with Crippen LogP contribution in [-0.2, 0) is 19.1 Å². The molecular formula is C10H14O4. The van der Waals surface area contributed by atoms with E-state index < -0.39 is 0 Å². The quantitative estimate of drug-likeness (QED) is 0.372. The van der Waals surface area contributed by atoms with Crippen molar-refractivity contribution < 1.29 is 19.1 Å². The van der Waals surface area contributed by atoms with Crippen LogP contribution in [-0.4, -0.2) is 31.1 Å². The lowest BCUT2D eigenvalue weighted by Gasteiger charge is -2.24. The van der Waals surface area contributed by atoms with E-state index in [0.29, 0.717) is 0 Å². The lowest BCUT2D eigenvalue weighted by atomic mass is 9.80. The summed E-state index contributed by atoms with van der Waals surface area (Å²) in [6.07, 6.45) is 3.79. The van der Waals surface area contributed by atoms with E-state index in [4.69, 9.17) is 4.74 Å². The summed E-state index contributed by atoms with van der Waals surface area (Å²) in [5.41, 5.74) is -0.216. The summed E-state index contributed by atoms with van der Waals surface area (Å²) in [5.74, 6) is -0.134. The Bertz CT molecular complexity index is 253. The van der Waals surface area contributed by atoms with E-state index in [-0.39, 0.29) is 23.6 Å².